The molecular weight excluding hydrogens is 1310 g/mol. The van der Waals surface area contributed by atoms with Crippen molar-refractivity contribution in [2.45, 2.75) is 43.9 Å². The molecule has 22 rings (SSSR count). The summed E-state index contributed by atoms with van der Waals surface area (Å²) in [6, 6.07) is 138. The van der Waals surface area contributed by atoms with E-state index in [1.807, 2.05) is 12.1 Å². The van der Waals surface area contributed by atoms with Crippen LogP contribution in [0.15, 0.2) is 381 Å². The van der Waals surface area contributed by atoms with Crippen molar-refractivity contribution in [3.05, 3.63) is 421 Å². The zero-order valence-electron chi connectivity index (χ0n) is 60.5. The van der Waals surface area contributed by atoms with Gasteiger partial charge in [-0.3, -0.25) is 0 Å². The Morgan fingerprint density at radius 2 is 0.546 bits per heavy atom. The Balaban J connectivity index is 0.000000139. The van der Waals surface area contributed by atoms with Gasteiger partial charge in [0.05, 0.1) is 27.5 Å². The van der Waals surface area contributed by atoms with E-state index in [1.54, 1.807) is 0 Å². The summed E-state index contributed by atoms with van der Waals surface area (Å²) in [7, 11) is 0. The van der Waals surface area contributed by atoms with Gasteiger partial charge in [-0.2, -0.15) is 0 Å². The van der Waals surface area contributed by atoms with E-state index in [0.717, 1.165) is 50.4 Å². The van der Waals surface area contributed by atoms with E-state index < -0.39 is 5.41 Å². The summed E-state index contributed by atoms with van der Waals surface area (Å²) in [5, 5.41) is 7.14. The van der Waals surface area contributed by atoms with Gasteiger partial charge in [0.1, 0.15) is 11.2 Å². The van der Waals surface area contributed by atoms with Crippen molar-refractivity contribution >= 4 is 99.7 Å². The molecule has 5 nitrogen and oxygen atoms in total. The van der Waals surface area contributed by atoms with Gasteiger partial charge in [0.15, 0.2) is 0 Å². The van der Waals surface area contributed by atoms with Crippen molar-refractivity contribution < 1.29 is 4.42 Å². The second kappa shape index (κ2) is 24.3. The smallest absolute Gasteiger partial charge is 0.137 e. The first-order chi connectivity index (χ1) is 53.1. The van der Waals surface area contributed by atoms with Gasteiger partial charge in [-0.1, -0.05) is 270 Å². The molecule has 0 fully saturated rings. The van der Waals surface area contributed by atoms with Crippen LogP contribution in [0.3, 0.4) is 0 Å². The summed E-state index contributed by atoms with van der Waals surface area (Å²) in [5.41, 5.74) is 33.2. The predicted molar refractivity (Wildman–Crippen MR) is 451 cm³/mol. The summed E-state index contributed by atoms with van der Waals surface area (Å²) in [6.07, 6.45) is 0. The number of hydrogen-bond acceptors (Lipinski definition) is 3. The van der Waals surface area contributed by atoms with Crippen LogP contribution in [0.4, 0.5) is 34.1 Å². The first kappa shape index (κ1) is 63.0. The maximum absolute atomic E-state index is 6.53. The van der Waals surface area contributed by atoms with E-state index in [2.05, 4.69) is 411 Å². The molecule has 19 aromatic rings. The highest BCUT2D eigenvalue weighted by atomic mass is 16.3. The monoisotopic (exact) mass is 1380 g/mol. The van der Waals surface area contributed by atoms with Gasteiger partial charge in [-0.25, -0.2) is 0 Å². The van der Waals surface area contributed by atoms with E-state index >= 15 is 0 Å². The van der Waals surface area contributed by atoms with E-state index in [4.69, 9.17) is 4.42 Å². The van der Waals surface area contributed by atoms with Crippen LogP contribution in [0, 0.1) is 0 Å². The normalized spacial score (nSPS) is 13.8. The fraction of sp³-hybridized carbons (Fsp3) is 0.0680. The third kappa shape index (κ3) is 9.44. The van der Waals surface area contributed by atoms with E-state index in [0.29, 0.717) is 0 Å². The average molecular weight is 1380 g/mol. The van der Waals surface area contributed by atoms with Crippen molar-refractivity contribution in [2.24, 2.45) is 0 Å². The Labute approximate surface area is 628 Å². The number of furan rings is 1. The molecule has 0 unspecified atom stereocenters. The van der Waals surface area contributed by atoms with Crippen LogP contribution < -0.4 is 9.80 Å². The SMILES string of the molecule is CC1(C)c2ccccc2-c2ccc(N(c3ccc4c(c3)C(C)(C)c3ccccc3-4)c3ccc4c(c3)c3ccccc3n4-c3ccccc3)cc21.c1ccc(-n2c3ccccc3c3cc(N(c4ccc5c(c4)C(c4ccccc4)(c4ccccc4)c4ccccc4-5)c4ccc5c(c4)oc4ccccc45)ccc32)cc1. The zero-order chi connectivity index (χ0) is 72.0. The molecule has 512 valence electrons. The first-order valence-corrected chi connectivity index (χ1v) is 37.6. The number of para-hydroxylation sites is 5. The average Bonchev–Trinajstić information content (AvgIpc) is 1.54. The van der Waals surface area contributed by atoms with Crippen LogP contribution in [0.25, 0.3) is 110 Å². The summed E-state index contributed by atoms with van der Waals surface area (Å²) in [5.74, 6) is 0. The molecule has 3 aromatic heterocycles. The van der Waals surface area contributed by atoms with Crippen LogP contribution in [-0.2, 0) is 16.2 Å². The van der Waals surface area contributed by atoms with Gasteiger partial charge in [0.25, 0.3) is 0 Å². The Hall–Kier alpha value is -13.5. The predicted octanol–water partition coefficient (Wildman–Crippen LogP) is 27.4. The molecule has 108 heavy (non-hydrogen) atoms. The van der Waals surface area contributed by atoms with Gasteiger partial charge >= 0.3 is 0 Å². The molecule has 0 saturated carbocycles. The minimum atomic E-state index is -0.522. The number of fused-ring (bicyclic) bond motifs is 18. The summed E-state index contributed by atoms with van der Waals surface area (Å²) in [4.78, 5) is 4.89. The third-order valence-electron chi connectivity index (χ3n) is 23.8. The highest BCUT2D eigenvalue weighted by Gasteiger charge is 2.47. The zero-order valence-corrected chi connectivity index (χ0v) is 60.5. The summed E-state index contributed by atoms with van der Waals surface area (Å²) < 4.78 is 11.3. The molecule has 0 saturated heterocycles. The van der Waals surface area contributed by atoms with Crippen molar-refractivity contribution in [1.29, 1.82) is 0 Å². The van der Waals surface area contributed by atoms with Crippen molar-refractivity contribution in [3.8, 4) is 44.8 Å². The molecule has 0 radical (unpaired) electrons. The topological polar surface area (TPSA) is 29.5 Å². The number of rotatable bonds is 10. The molecule has 3 heterocycles. The highest BCUT2D eigenvalue weighted by Crippen LogP contribution is 2.59. The Morgan fingerprint density at radius 1 is 0.222 bits per heavy atom. The maximum Gasteiger partial charge on any atom is 0.137 e. The number of aromatic nitrogens is 2. The molecule has 0 aliphatic heterocycles. The molecule has 0 N–H and O–H groups in total. The second-order valence-corrected chi connectivity index (χ2v) is 30.3. The van der Waals surface area contributed by atoms with Gasteiger partial charge in [0.2, 0.25) is 0 Å². The molecule has 16 aromatic carbocycles. The molecule has 0 atom stereocenters. The van der Waals surface area contributed by atoms with Crippen LogP contribution in [0.1, 0.15) is 72.2 Å². The van der Waals surface area contributed by atoms with Gasteiger partial charge in [-0.15, -0.1) is 0 Å². The molecule has 3 aliphatic rings. The lowest BCUT2D eigenvalue weighted by molar-refractivity contribution is 0.660. The lowest BCUT2D eigenvalue weighted by atomic mass is 9.67. The molecule has 0 spiro atoms. The summed E-state index contributed by atoms with van der Waals surface area (Å²) >= 11 is 0. The third-order valence-corrected chi connectivity index (χ3v) is 23.8. The lowest BCUT2D eigenvalue weighted by Crippen LogP contribution is -2.28. The van der Waals surface area contributed by atoms with E-state index in [9.17, 15) is 0 Å². The van der Waals surface area contributed by atoms with Crippen LogP contribution in [-0.4, -0.2) is 9.13 Å². The Kier molecular flexibility index (Phi) is 14.2. The van der Waals surface area contributed by atoms with Gasteiger partial charge < -0.3 is 23.4 Å². The number of nitrogens with zero attached hydrogens (tertiary/aromatic N) is 4. The number of anilines is 6. The van der Waals surface area contributed by atoms with Crippen molar-refractivity contribution in [2.75, 3.05) is 9.80 Å². The minimum absolute atomic E-state index is 0.0950. The Bertz CT molecular complexity index is 6670. The van der Waals surface area contributed by atoms with Gasteiger partial charge in [-0.05, 0) is 205 Å². The fourth-order valence-electron chi connectivity index (χ4n) is 18.9. The number of hydrogen-bond donors (Lipinski definition) is 0. The standard InChI is InChI=1S/C55H36N2O.C48H38N2/c1-4-16-37(17-5-1)55(38-18-6-2-7-19-38)49-25-13-10-22-43(49)44-31-28-41(35-50(44)55)56(42-29-32-47-46-24-12-15-27-53(46)58-54(47)36-42)40-30-33-52-48(34-40)45-23-11-14-26-51(45)57(52)39-20-8-3-9-21-39;1-47(2)41-19-11-8-16-35(41)37-25-22-33(29-43(37)47)49(34-23-26-38-36-17-9-12-20-42(36)48(3,4)44(38)30-34)32-24-27-46-40(28-32)39-18-10-13-21-45(39)50(46)31-14-6-5-7-15-31/h1-36H;5-30H,1-4H3. The van der Waals surface area contributed by atoms with E-state index in [1.165, 1.54) is 139 Å². The first-order valence-electron chi connectivity index (χ1n) is 37.6. The highest BCUT2D eigenvalue weighted by molar-refractivity contribution is 6.13. The van der Waals surface area contributed by atoms with Crippen molar-refractivity contribution in [1.82, 2.24) is 9.13 Å². The fourth-order valence-corrected chi connectivity index (χ4v) is 18.9. The second-order valence-electron chi connectivity index (χ2n) is 30.3. The summed E-state index contributed by atoms with van der Waals surface area (Å²) in [6.45, 7) is 9.47. The van der Waals surface area contributed by atoms with Crippen LogP contribution in [0.2, 0.25) is 0 Å². The number of benzene rings is 16. The maximum atomic E-state index is 6.53. The molecule has 5 heteroatoms. The molecule has 0 amide bonds. The van der Waals surface area contributed by atoms with Crippen LogP contribution >= 0.6 is 0 Å². The van der Waals surface area contributed by atoms with Gasteiger partial charge in [0, 0.05) is 94.7 Å². The van der Waals surface area contributed by atoms with E-state index in [-0.39, 0.29) is 10.8 Å². The Morgan fingerprint density at radius 3 is 1.04 bits per heavy atom. The molecule has 0 bridgehead atoms. The minimum Gasteiger partial charge on any atom is -0.456 e. The largest absolute Gasteiger partial charge is 0.456 e. The molecule has 3 aliphatic carbocycles. The van der Waals surface area contributed by atoms with Crippen LogP contribution in [0.5, 0.6) is 0 Å². The van der Waals surface area contributed by atoms with Crippen molar-refractivity contribution in [3.63, 3.8) is 0 Å². The lowest BCUT2D eigenvalue weighted by Gasteiger charge is -2.35. The quantitative estimate of drug-likeness (QED) is 0.137. The molecular formula is C103H74N4O.